The van der Waals surface area contributed by atoms with E-state index in [4.69, 9.17) is 4.42 Å². The first-order chi connectivity index (χ1) is 11.2. The number of carbonyl (C=O) groups excluding carboxylic acids is 1. The Kier molecular flexibility index (Phi) is 4.73. The molecule has 116 valence electrons. The molecule has 0 aliphatic heterocycles. The van der Waals surface area contributed by atoms with Crippen molar-refractivity contribution in [3.63, 3.8) is 0 Å². The topological polar surface area (TPSA) is 59.2 Å². The lowest BCUT2D eigenvalue weighted by molar-refractivity contribution is -0.115. The van der Waals surface area contributed by atoms with Gasteiger partial charge in [-0.3, -0.25) is 9.69 Å². The fraction of sp³-hybridized carbons (Fsp3) is 0.118. The van der Waals surface area contributed by atoms with Crippen LogP contribution in [0.2, 0.25) is 0 Å². The van der Waals surface area contributed by atoms with Crippen LogP contribution in [0, 0.1) is 6.92 Å². The molecule has 0 bridgehead atoms. The van der Waals surface area contributed by atoms with Gasteiger partial charge < -0.3 is 4.42 Å². The zero-order valence-electron chi connectivity index (χ0n) is 12.5. The second kappa shape index (κ2) is 7.11. The summed E-state index contributed by atoms with van der Waals surface area (Å²) in [6, 6.07) is 19.1. The van der Waals surface area contributed by atoms with Crippen molar-refractivity contribution in [2.75, 3.05) is 10.7 Å². The van der Waals surface area contributed by atoms with Crippen molar-refractivity contribution in [1.82, 2.24) is 10.2 Å². The third-order valence-corrected chi connectivity index (χ3v) is 3.91. The Morgan fingerprint density at radius 2 is 1.57 bits per heavy atom. The Morgan fingerprint density at radius 1 is 1.00 bits per heavy atom. The number of hydrogen-bond donors (Lipinski definition) is 0. The summed E-state index contributed by atoms with van der Waals surface area (Å²) in [4.78, 5) is 14.4. The summed E-state index contributed by atoms with van der Waals surface area (Å²) in [5, 5.41) is 8.06. The molecule has 0 atom stereocenters. The maximum absolute atomic E-state index is 12.7. The van der Waals surface area contributed by atoms with E-state index >= 15 is 0 Å². The van der Waals surface area contributed by atoms with Gasteiger partial charge in [-0.2, -0.15) is 0 Å². The van der Waals surface area contributed by atoms with Gasteiger partial charge >= 0.3 is 0 Å². The molecule has 5 nitrogen and oxygen atoms in total. The van der Waals surface area contributed by atoms with Gasteiger partial charge in [0.1, 0.15) is 0 Å². The average molecular weight is 325 g/mol. The molecule has 0 aliphatic rings. The largest absolute Gasteiger partial charge is 0.416 e. The number of carbonyl (C=O) groups is 1. The van der Waals surface area contributed by atoms with Crippen LogP contribution < -0.4 is 4.90 Å². The Hall–Kier alpha value is -2.60. The van der Waals surface area contributed by atoms with E-state index in [0.29, 0.717) is 11.1 Å². The van der Waals surface area contributed by atoms with Gasteiger partial charge in [0.2, 0.25) is 11.8 Å². The molecule has 1 heterocycles. The average Bonchev–Trinajstić information content (AvgIpc) is 3.01. The first-order valence-electron chi connectivity index (χ1n) is 7.10. The third kappa shape index (κ3) is 3.78. The molecule has 3 aromatic rings. The monoisotopic (exact) mass is 325 g/mol. The van der Waals surface area contributed by atoms with E-state index in [1.165, 1.54) is 11.8 Å². The number of thioether (sulfide) groups is 1. The molecule has 1 aromatic heterocycles. The summed E-state index contributed by atoms with van der Waals surface area (Å²) in [7, 11) is 0. The van der Waals surface area contributed by atoms with Gasteiger partial charge in [-0.25, -0.2) is 0 Å². The molecule has 0 spiro atoms. The molecule has 0 radical (unpaired) electrons. The second-order valence-electron chi connectivity index (χ2n) is 4.78. The molecule has 0 fully saturated rings. The van der Waals surface area contributed by atoms with Crippen molar-refractivity contribution in [3.05, 3.63) is 66.6 Å². The van der Waals surface area contributed by atoms with Crippen molar-refractivity contribution in [2.24, 2.45) is 0 Å². The van der Waals surface area contributed by atoms with Crippen LogP contribution in [0.5, 0.6) is 0 Å². The lowest BCUT2D eigenvalue weighted by Gasteiger charge is -2.22. The van der Waals surface area contributed by atoms with E-state index in [1.807, 2.05) is 60.7 Å². The molecule has 6 heteroatoms. The van der Waals surface area contributed by atoms with Gasteiger partial charge in [-0.05, 0) is 24.3 Å². The molecule has 2 aromatic carbocycles. The van der Waals surface area contributed by atoms with E-state index in [9.17, 15) is 4.79 Å². The quantitative estimate of drug-likeness (QED) is 0.667. The number of amides is 1. The predicted molar refractivity (Wildman–Crippen MR) is 89.8 cm³/mol. The SMILES string of the molecule is Cc1nnc(SCC(=O)N(c2ccccc2)c2ccccc2)o1. The number of benzene rings is 2. The Balaban J connectivity index is 1.82. The molecule has 23 heavy (non-hydrogen) atoms. The molecule has 1 amide bonds. The number of nitrogens with zero attached hydrogens (tertiary/aromatic N) is 3. The predicted octanol–water partition coefficient (Wildman–Crippen LogP) is 3.84. The Morgan fingerprint density at radius 3 is 2.04 bits per heavy atom. The van der Waals surface area contributed by atoms with Crippen LogP contribution in [0.1, 0.15) is 5.89 Å². The minimum Gasteiger partial charge on any atom is -0.416 e. The summed E-state index contributed by atoms with van der Waals surface area (Å²) in [6.45, 7) is 1.72. The number of para-hydroxylation sites is 2. The summed E-state index contributed by atoms with van der Waals surface area (Å²) >= 11 is 1.24. The minimum atomic E-state index is -0.0525. The Bertz CT molecular complexity index is 735. The number of anilines is 2. The van der Waals surface area contributed by atoms with Crippen LogP contribution in [0.15, 0.2) is 70.3 Å². The van der Waals surface area contributed by atoms with Crippen LogP contribution >= 0.6 is 11.8 Å². The van der Waals surface area contributed by atoms with Crippen LogP contribution in [0.25, 0.3) is 0 Å². The summed E-state index contributed by atoms with van der Waals surface area (Å²) in [5.74, 6) is 0.650. The first kappa shape index (κ1) is 15.3. The maximum Gasteiger partial charge on any atom is 0.277 e. The third-order valence-electron chi connectivity index (χ3n) is 3.10. The van der Waals surface area contributed by atoms with E-state index in [2.05, 4.69) is 10.2 Å². The smallest absolute Gasteiger partial charge is 0.277 e. The molecule has 0 saturated carbocycles. The van der Waals surface area contributed by atoms with Gasteiger partial charge in [0.15, 0.2) is 0 Å². The number of hydrogen-bond acceptors (Lipinski definition) is 5. The fourth-order valence-corrected chi connectivity index (χ4v) is 2.77. The molecular weight excluding hydrogens is 310 g/mol. The lowest BCUT2D eigenvalue weighted by Crippen LogP contribution is -2.27. The maximum atomic E-state index is 12.7. The first-order valence-corrected chi connectivity index (χ1v) is 8.08. The highest BCUT2D eigenvalue weighted by molar-refractivity contribution is 7.99. The van der Waals surface area contributed by atoms with Crippen LogP contribution in [-0.4, -0.2) is 21.9 Å². The van der Waals surface area contributed by atoms with Gasteiger partial charge in [-0.1, -0.05) is 48.2 Å². The Labute approximate surface area is 138 Å². The highest BCUT2D eigenvalue weighted by atomic mass is 32.2. The van der Waals surface area contributed by atoms with Crippen molar-refractivity contribution >= 4 is 29.0 Å². The van der Waals surface area contributed by atoms with Gasteiger partial charge in [0.25, 0.3) is 5.22 Å². The highest BCUT2D eigenvalue weighted by Crippen LogP contribution is 2.27. The molecule has 0 N–H and O–H groups in total. The molecule has 0 unspecified atom stereocenters. The highest BCUT2D eigenvalue weighted by Gasteiger charge is 2.19. The van der Waals surface area contributed by atoms with Crippen molar-refractivity contribution in [1.29, 1.82) is 0 Å². The standard InChI is InChI=1S/C17H15N3O2S/c1-13-18-19-17(22-13)23-12-16(21)20(14-8-4-2-5-9-14)15-10-6-3-7-11-15/h2-11H,12H2,1H3. The second-order valence-corrected chi connectivity index (χ2v) is 5.70. The van der Waals surface area contributed by atoms with Crippen LogP contribution in [-0.2, 0) is 4.79 Å². The van der Waals surface area contributed by atoms with Crippen molar-refractivity contribution in [3.8, 4) is 0 Å². The lowest BCUT2D eigenvalue weighted by atomic mass is 10.2. The molecule has 0 aliphatic carbocycles. The van der Waals surface area contributed by atoms with E-state index in [-0.39, 0.29) is 11.7 Å². The summed E-state index contributed by atoms with van der Waals surface area (Å²) < 4.78 is 5.30. The van der Waals surface area contributed by atoms with Gasteiger partial charge in [0.05, 0.1) is 5.75 Å². The normalized spacial score (nSPS) is 10.5. The molecule has 3 rings (SSSR count). The van der Waals surface area contributed by atoms with Crippen LogP contribution in [0.4, 0.5) is 11.4 Å². The van der Waals surface area contributed by atoms with Crippen molar-refractivity contribution < 1.29 is 9.21 Å². The van der Waals surface area contributed by atoms with Gasteiger partial charge in [-0.15, -0.1) is 10.2 Å². The number of aryl methyl sites for hydroxylation is 1. The number of rotatable bonds is 5. The van der Waals surface area contributed by atoms with Crippen molar-refractivity contribution in [2.45, 2.75) is 12.1 Å². The van der Waals surface area contributed by atoms with E-state index in [0.717, 1.165) is 11.4 Å². The summed E-state index contributed by atoms with van der Waals surface area (Å²) in [5.41, 5.74) is 1.65. The fourth-order valence-electron chi connectivity index (χ4n) is 2.12. The van der Waals surface area contributed by atoms with E-state index in [1.54, 1.807) is 11.8 Å². The molecule has 0 saturated heterocycles. The summed E-state index contributed by atoms with van der Waals surface area (Å²) in [6.07, 6.45) is 0. The zero-order chi connectivity index (χ0) is 16.1. The number of aromatic nitrogens is 2. The van der Waals surface area contributed by atoms with Gasteiger partial charge in [0, 0.05) is 18.3 Å². The molecular formula is C17H15N3O2S. The van der Waals surface area contributed by atoms with Crippen LogP contribution in [0.3, 0.4) is 0 Å². The zero-order valence-corrected chi connectivity index (χ0v) is 13.4. The van der Waals surface area contributed by atoms with E-state index < -0.39 is 0 Å². The minimum absolute atomic E-state index is 0.0525.